The number of carboxylic acids is 1. The molecule has 2 heterocycles. The van der Waals surface area contributed by atoms with Crippen LogP contribution in [0.15, 0.2) is 48.5 Å². The van der Waals surface area contributed by atoms with Crippen LogP contribution < -0.4 is 4.74 Å². The number of ether oxygens (including phenoxy) is 1. The van der Waals surface area contributed by atoms with Crippen LogP contribution in [0.3, 0.4) is 0 Å². The molecule has 10 heteroatoms. The molecule has 36 heavy (non-hydrogen) atoms. The van der Waals surface area contributed by atoms with E-state index >= 15 is 0 Å². The van der Waals surface area contributed by atoms with Gasteiger partial charge in [0.15, 0.2) is 6.61 Å². The van der Waals surface area contributed by atoms with Gasteiger partial charge in [-0.15, -0.1) is 0 Å². The number of carboxylic acid groups (broad SMARTS) is 1. The predicted molar refractivity (Wildman–Crippen MR) is 127 cm³/mol. The van der Waals surface area contributed by atoms with Crippen LogP contribution in [0.2, 0.25) is 0 Å². The zero-order chi connectivity index (χ0) is 25.8. The van der Waals surface area contributed by atoms with E-state index in [1.807, 2.05) is 19.1 Å². The SMILES string of the molecule is Cc1ccc(OCC(=O)N2CCN(C(=O)CC[C@@H](C(=O)O)N3C(=O)c4ccccc4C3=O)CC2)cc1. The highest BCUT2D eigenvalue weighted by Gasteiger charge is 2.43. The van der Waals surface area contributed by atoms with Gasteiger partial charge >= 0.3 is 5.97 Å². The Labute approximate surface area is 208 Å². The maximum absolute atomic E-state index is 12.8. The molecule has 0 unspecified atom stereocenters. The number of amides is 4. The third-order valence-electron chi connectivity index (χ3n) is 6.42. The summed E-state index contributed by atoms with van der Waals surface area (Å²) in [5, 5.41) is 9.69. The first-order valence-corrected chi connectivity index (χ1v) is 11.7. The molecule has 10 nitrogen and oxygen atoms in total. The van der Waals surface area contributed by atoms with Gasteiger partial charge in [-0.25, -0.2) is 4.79 Å². The Balaban J connectivity index is 1.27. The Bertz CT molecular complexity index is 1150. The fourth-order valence-corrected chi connectivity index (χ4v) is 4.35. The largest absolute Gasteiger partial charge is 0.484 e. The van der Waals surface area contributed by atoms with E-state index in [0.717, 1.165) is 10.5 Å². The minimum atomic E-state index is -1.44. The zero-order valence-electron chi connectivity index (χ0n) is 19.9. The molecule has 0 bridgehead atoms. The smallest absolute Gasteiger partial charge is 0.326 e. The summed E-state index contributed by atoms with van der Waals surface area (Å²) in [6, 6.07) is 12.1. The summed E-state index contributed by atoms with van der Waals surface area (Å²) < 4.78 is 5.54. The Kier molecular flexibility index (Phi) is 7.33. The van der Waals surface area contributed by atoms with Crippen molar-refractivity contribution < 1.29 is 33.8 Å². The number of carbonyl (C=O) groups is 5. The van der Waals surface area contributed by atoms with Crippen LogP contribution in [0.1, 0.15) is 39.1 Å². The summed E-state index contributed by atoms with van der Waals surface area (Å²) in [5.41, 5.74) is 1.41. The maximum atomic E-state index is 12.8. The van der Waals surface area contributed by atoms with Gasteiger partial charge in [0.1, 0.15) is 11.8 Å². The molecule has 0 spiro atoms. The summed E-state index contributed by atoms with van der Waals surface area (Å²) >= 11 is 0. The molecule has 0 aliphatic carbocycles. The predicted octanol–water partition coefficient (Wildman–Crippen LogP) is 1.57. The van der Waals surface area contributed by atoms with Crippen molar-refractivity contribution in [2.24, 2.45) is 0 Å². The van der Waals surface area contributed by atoms with E-state index in [1.54, 1.807) is 34.1 Å². The van der Waals surface area contributed by atoms with Crippen molar-refractivity contribution in [3.63, 3.8) is 0 Å². The van der Waals surface area contributed by atoms with Crippen molar-refractivity contribution in [3.8, 4) is 5.75 Å². The van der Waals surface area contributed by atoms with E-state index in [9.17, 15) is 29.1 Å². The van der Waals surface area contributed by atoms with E-state index in [4.69, 9.17) is 4.74 Å². The molecule has 1 fully saturated rings. The average Bonchev–Trinajstić information content (AvgIpc) is 3.13. The highest BCUT2D eigenvalue weighted by Crippen LogP contribution is 2.26. The van der Waals surface area contributed by atoms with Crippen LogP contribution in [0.4, 0.5) is 0 Å². The first-order valence-electron chi connectivity index (χ1n) is 11.7. The molecule has 4 amide bonds. The molecule has 0 aromatic heterocycles. The fourth-order valence-electron chi connectivity index (χ4n) is 4.35. The van der Waals surface area contributed by atoms with E-state index in [2.05, 4.69) is 0 Å². The van der Waals surface area contributed by atoms with Crippen molar-refractivity contribution in [2.45, 2.75) is 25.8 Å². The zero-order valence-corrected chi connectivity index (χ0v) is 19.9. The number of piperazine rings is 1. The first-order chi connectivity index (χ1) is 17.3. The molecule has 1 atom stereocenters. The Morgan fingerprint density at radius 1 is 0.861 bits per heavy atom. The van der Waals surface area contributed by atoms with Crippen LogP contribution in [-0.2, 0) is 14.4 Å². The molecule has 188 valence electrons. The Hall–Kier alpha value is -4.21. The van der Waals surface area contributed by atoms with Crippen molar-refractivity contribution >= 4 is 29.6 Å². The van der Waals surface area contributed by atoms with Gasteiger partial charge in [-0.2, -0.15) is 0 Å². The van der Waals surface area contributed by atoms with Gasteiger partial charge in [-0.1, -0.05) is 29.8 Å². The number of rotatable bonds is 8. The third kappa shape index (κ3) is 5.22. The normalized spacial score (nSPS) is 16.1. The minimum Gasteiger partial charge on any atom is -0.484 e. The van der Waals surface area contributed by atoms with E-state index in [1.165, 1.54) is 12.1 Å². The molecule has 2 aromatic carbocycles. The van der Waals surface area contributed by atoms with Crippen LogP contribution in [0, 0.1) is 6.92 Å². The van der Waals surface area contributed by atoms with E-state index in [0.29, 0.717) is 31.9 Å². The number of aryl methyl sites for hydroxylation is 1. The molecule has 1 N–H and O–H groups in total. The summed E-state index contributed by atoms with van der Waals surface area (Å²) in [4.78, 5) is 66.3. The number of nitrogens with zero attached hydrogens (tertiary/aromatic N) is 3. The molecule has 2 aromatic rings. The molecule has 1 saturated heterocycles. The molecular formula is C26H27N3O7. The standard InChI is InChI=1S/C26H27N3O7/c1-17-6-8-18(9-7-17)36-16-23(31)28-14-12-27(13-15-28)22(30)11-10-21(26(34)35)29-24(32)19-4-2-3-5-20(19)25(29)33/h2-9,21H,10-16H2,1H3,(H,34,35)/t21-/m0/s1. The van der Waals surface area contributed by atoms with Crippen molar-refractivity contribution in [1.29, 1.82) is 0 Å². The monoisotopic (exact) mass is 493 g/mol. The number of imide groups is 1. The van der Waals surface area contributed by atoms with Gasteiger partial charge in [0, 0.05) is 32.6 Å². The first kappa shape index (κ1) is 24.9. The number of hydrogen-bond donors (Lipinski definition) is 1. The van der Waals surface area contributed by atoms with Crippen molar-refractivity contribution in [2.75, 3.05) is 32.8 Å². The summed E-state index contributed by atoms with van der Waals surface area (Å²) in [6.45, 7) is 3.14. The van der Waals surface area contributed by atoms with Crippen LogP contribution in [0.5, 0.6) is 5.75 Å². The second-order valence-corrected chi connectivity index (χ2v) is 8.78. The molecule has 4 rings (SSSR count). The number of aliphatic carboxylic acids is 1. The minimum absolute atomic E-state index is 0.0996. The highest BCUT2D eigenvalue weighted by molar-refractivity contribution is 6.22. The summed E-state index contributed by atoms with van der Waals surface area (Å²) in [5.74, 6) is -2.55. The Morgan fingerprint density at radius 2 is 1.39 bits per heavy atom. The van der Waals surface area contributed by atoms with Gasteiger partial charge in [0.2, 0.25) is 5.91 Å². The van der Waals surface area contributed by atoms with Crippen LogP contribution in [0.25, 0.3) is 0 Å². The lowest BCUT2D eigenvalue weighted by molar-refractivity contribution is -0.143. The van der Waals surface area contributed by atoms with Gasteiger partial charge < -0.3 is 19.6 Å². The van der Waals surface area contributed by atoms with Gasteiger partial charge in [0.25, 0.3) is 17.7 Å². The lowest BCUT2D eigenvalue weighted by atomic mass is 10.1. The highest BCUT2D eigenvalue weighted by atomic mass is 16.5. The second kappa shape index (κ2) is 10.6. The van der Waals surface area contributed by atoms with Crippen LogP contribution >= 0.6 is 0 Å². The second-order valence-electron chi connectivity index (χ2n) is 8.78. The molecule has 0 radical (unpaired) electrons. The van der Waals surface area contributed by atoms with Crippen molar-refractivity contribution in [1.82, 2.24) is 14.7 Å². The maximum Gasteiger partial charge on any atom is 0.326 e. The number of fused-ring (bicyclic) bond motifs is 1. The summed E-state index contributed by atoms with van der Waals surface area (Å²) in [7, 11) is 0. The van der Waals surface area contributed by atoms with E-state index < -0.39 is 23.8 Å². The number of carbonyl (C=O) groups excluding carboxylic acids is 4. The third-order valence-corrected chi connectivity index (χ3v) is 6.42. The fraction of sp³-hybridized carbons (Fsp3) is 0.346. The number of hydrogen-bond acceptors (Lipinski definition) is 6. The van der Waals surface area contributed by atoms with Crippen LogP contribution in [-0.4, -0.2) is 88.2 Å². The topological polar surface area (TPSA) is 125 Å². The molecular weight excluding hydrogens is 466 g/mol. The van der Waals surface area contributed by atoms with E-state index in [-0.39, 0.29) is 42.4 Å². The van der Waals surface area contributed by atoms with Crippen molar-refractivity contribution in [3.05, 3.63) is 65.2 Å². The average molecular weight is 494 g/mol. The van der Waals surface area contributed by atoms with Gasteiger partial charge in [-0.3, -0.25) is 24.1 Å². The van der Waals surface area contributed by atoms with Gasteiger partial charge in [-0.05, 0) is 37.6 Å². The Morgan fingerprint density at radius 3 is 1.92 bits per heavy atom. The molecule has 2 aliphatic rings. The van der Waals surface area contributed by atoms with Gasteiger partial charge in [0.05, 0.1) is 11.1 Å². The quantitative estimate of drug-likeness (QED) is 0.554. The lowest BCUT2D eigenvalue weighted by Gasteiger charge is -2.35. The lowest BCUT2D eigenvalue weighted by Crippen LogP contribution is -2.52. The molecule has 0 saturated carbocycles. The molecule has 2 aliphatic heterocycles. The number of benzene rings is 2. The summed E-state index contributed by atoms with van der Waals surface area (Å²) in [6.07, 6.45) is -0.335.